The maximum atomic E-state index is 13.9. The summed E-state index contributed by atoms with van der Waals surface area (Å²) >= 11 is 1.26. The second-order valence-corrected chi connectivity index (χ2v) is 10.2. The number of carbonyl (C=O) groups is 1. The Balaban J connectivity index is 1.63. The number of allylic oxidation sites excluding steroid dienone is 1. The van der Waals surface area contributed by atoms with Crippen molar-refractivity contribution in [1.29, 1.82) is 5.26 Å². The summed E-state index contributed by atoms with van der Waals surface area (Å²) in [6.07, 6.45) is 1.79. The van der Waals surface area contributed by atoms with Crippen molar-refractivity contribution < 1.29 is 14.3 Å². The highest BCUT2D eigenvalue weighted by Gasteiger charge is 2.33. The fraction of sp³-hybridized carbons (Fsp3) is 0.161. The molecule has 5 rings (SSSR count). The van der Waals surface area contributed by atoms with Gasteiger partial charge in [0.25, 0.3) is 11.5 Å². The van der Waals surface area contributed by atoms with Gasteiger partial charge in [-0.05, 0) is 66.9 Å². The molecule has 0 saturated carbocycles. The third-order valence-electron chi connectivity index (χ3n) is 6.53. The number of hydrogen-bond acceptors (Lipinski definition) is 7. The lowest BCUT2D eigenvalue weighted by Gasteiger charge is -2.26. The molecule has 1 N–H and O–H groups in total. The Morgan fingerprint density at radius 1 is 1.12 bits per heavy atom. The number of nitrogens with one attached hydrogen (secondary N) is 1. The van der Waals surface area contributed by atoms with Crippen molar-refractivity contribution in [3.05, 3.63) is 120 Å². The number of rotatable bonds is 7. The van der Waals surface area contributed by atoms with Crippen molar-refractivity contribution in [3.8, 4) is 17.6 Å². The van der Waals surface area contributed by atoms with Crippen LogP contribution < -0.4 is 29.7 Å². The number of para-hydroxylation sites is 1. The number of methoxy groups -OCH3 is 1. The molecular formula is C31H26N4O4S. The van der Waals surface area contributed by atoms with Crippen LogP contribution in [-0.4, -0.2) is 24.2 Å². The third-order valence-corrected chi connectivity index (χ3v) is 7.51. The molecule has 0 fully saturated rings. The topological polar surface area (TPSA) is 106 Å². The second-order valence-electron chi connectivity index (χ2n) is 9.15. The molecule has 1 atom stereocenters. The summed E-state index contributed by atoms with van der Waals surface area (Å²) in [5.74, 6) is 0.896. The molecule has 8 nitrogen and oxygen atoms in total. The molecule has 3 aromatic carbocycles. The van der Waals surface area contributed by atoms with E-state index in [0.29, 0.717) is 37.8 Å². The van der Waals surface area contributed by atoms with Gasteiger partial charge in [-0.3, -0.25) is 14.2 Å². The zero-order valence-corrected chi connectivity index (χ0v) is 23.0. The van der Waals surface area contributed by atoms with Crippen LogP contribution in [0.5, 0.6) is 11.5 Å². The predicted molar refractivity (Wildman–Crippen MR) is 154 cm³/mol. The van der Waals surface area contributed by atoms with E-state index in [1.165, 1.54) is 11.3 Å². The normalized spacial score (nSPS) is 14.7. The molecule has 200 valence electrons. The second kappa shape index (κ2) is 11.4. The Morgan fingerprint density at radius 3 is 2.58 bits per heavy atom. The Bertz CT molecular complexity index is 1830. The highest BCUT2D eigenvalue weighted by Crippen LogP contribution is 2.33. The van der Waals surface area contributed by atoms with Gasteiger partial charge in [0.15, 0.2) is 11.4 Å². The molecule has 0 radical (unpaired) electrons. The number of benzene rings is 3. The Morgan fingerprint density at radius 2 is 1.88 bits per heavy atom. The number of carbonyl (C=O) groups excluding carboxylic acids is 1. The fourth-order valence-electron chi connectivity index (χ4n) is 4.58. The van der Waals surface area contributed by atoms with Gasteiger partial charge < -0.3 is 14.8 Å². The molecule has 1 aliphatic heterocycles. The largest absolute Gasteiger partial charge is 0.496 e. The Kier molecular flexibility index (Phi) is 7.62. The van der Waals surface area contributed by atoms with Gasteiger partial charge in [-0.1, -0.05) is 53.8 Å². The standard InChI is InChI=1S/C31H26N4O4S/c1-19-9-12-22(18-25(19)38-3)28-27(29(36)34-23-7-5-4-6-8-23)20(2)33-31-35(28)30(37)26(40-31)17-21-10-13-24(14-11-21)39-16-15-32/h4-14,17-18,28H,16H2,1-3H3,(H,34,36)/b26-17-/t28-/m1/s1. The molecule has 0 unspecified atom stereocenters. The molecule has 0 bridgehead atoms. The maximum Gasteiger partial charge on any atom is 0.271 e. The number of nitriles is 1. The van der Waals surface area contributed by atoms with Gasteiger partial charge >= 0.3 is 0 Å². The first-order valence-electron chi connectivity index (χ1n) is 12.5. The van der Waals surface area contributed by atoms with Crippen LogP contribution in [0.25, 0.3) is 6.08 Å². The molecule has 1 amide bonds. The van der Waals surface area contributed by atoms with Gasteiger partial charge in [0, 0.05) is 5.69 Å². The minimum absolute atomic E-state index is 0.0404. The van der Waals surface area contributed by atoms with E-state index < -0.39 is 6.04 Å². The summed E-state index contributed by atoms with van der Waals surface area (Å²) in [6.45, 7) is 3.69. The van der Waals surface area contributed by atoms with Gasteiger partial charge in [-0.2, -0.15) is 5.26 Å². The minimum Gasteiger partial charge on any atom is -0.496 e. The lowest BCUT2D eigenvalue weighted by molar-refractivity contribution is -0.113. The number of ether oxygens (including phenoxy) is 2. The summed E-state index contributed by atoms with van der Waals surface area (Å²) < 4.78 is 13.0. The molecule has 1 aliphatic rings. The molecule has 0 spiro atoms. The van der Waals surface area contributed by atoms with Crippen LogP contribution in [0.4, 0.5) is 5.69 Å². The number of aryl methyl sites for hydroxylation is 1. The summed E-state index contributed by atoms with van der Waals surface area (Å²) in [6, 6.07) is 23.2. The molecule has 40 heavy (non-hydrogen) atoms. The van der Waals surface area contributed by atoms with E-state index >= 15 is 0 Å². The minimum atomic E-state index is -0.710. The monoisotopic (exact) mass is 550 g/mol. The SMILES string of the molecule is COc1cc([C@@H]2C(C(=O)Nc3ccccc3)=C(C)N=c3s/c(=C\c4ccc(OCC#N)cc4)c(=O)n32)ccc1C. The number of hydrogen-bond donors (Lipinski definition) is 1. The van der Waals surface area contributed by atoms with Crippen molar-refractivity contribution in [3.63, 3.8) is 0 Å². The fourth-order valence-corrected chi connectivity index (χ4v) is 5.63. The van der Waals surface area contributed by atoms with Gasteiger partial charge in [-0.25, -0.2) is 4.99 Å². The molecule has 4 aromatic rings. The lowest BCUT2D eigenvalue weighted by atomic mass is 9.94. The van der Waals surface area contributed by atoms with Crippen molar-refractivity contribution in [2.75, 3.05) is 19.0 Å². The van der Waals surface area contributed by atoms with E-state index in [2.05, 4.69) is 5.32 Å². The third kappa shape index (κ3) is 5.30. The van der Waals surface area contributed by atoms with Gasteiger partial charge in [0.05, 0.1) is 29.0 Å². The van der Waals surface area contributed by atoms with Crippen molar-refractivity contribution in [1.82, 2.24) is 4.57 Å². The van der Waals surface area contributed by atoms with Crippen LogP contribution in [0.15, 0.2) is 93.9 Å². The molecule has 0 aliphatic carbocycles. The highest BCUT2D eigenvalue weighted by molar-refractivity contribution is 7.07. The molecular weight excluding hydrogens is 524 g/mol. The van der Waals surface area contributed by atoms with Crippen molar-refractivity contribution in [2.24, 2.45) is 4.99 Å². The molecule has 9 heteroatoms. The van der Waals surface area contributed by atoms with E-state index in [1.807, 2.05) is 73.7 Å². The van der Waals surface area contributed by atoms with Gasteiger partial charge in [-0.15, -0.1) is 0 Å². The van der Waals surface area contributed by atoms with E-state index in [0.717, 1.165) is 16.7 Å². The Labute approximate surface area is 234 Å². The van der Waals surface area contributed by atoms with Crippen LogP contribution in [-0.2, 0) is 4.79 Å². The van der Waals surface area contributed by atoms with E-state index in [9.17, 15) is 9.59 Å². The van der Waals surface area contributed by atoms with Gasteiger partial charge in [0.1, 0.15) is 17.6 Å². The van der Waals surface area contributed by atoms with E-state index in [1.54, 1.807) is 36.8 Å². The smallest absolute Gasteiger partial charge is 0.271 e. The number of nitrogens with zero attached hydrogens (tertiary/aromatic N) is 3. The molecule has 0 saturated heterocycles. The number of fused-ring (bicyclic) bond motifs is 1. The summed E-state index contributed by atoms with van der Waals surface area (Å²) in [7, 11) is 1.60. The number of aromatic nitrogens is 1. The average molecular weight is 551 g/mol. The number of amides is 1. The van der Waals surface area contributed by atoms with Crippen molar-refractivity contribution in [2.45, 2.75) is 19.9 Å². The lowest BCUT2D eigenvalue weighted by Crippen LogP contribution is -2.40. The van der Waals surface area contributed by atoms with Crippen LogP contribution >= 0.6 is 11.3 Å². The van der Waals surface area contributed by atoms with Crippen LogP contribution in [0.1, 0.15) is 29.7 Å². The predicted octanol–water partition coefficient (Wildman–Crippen LogP) is 4.09. The Hall–Kier alpha value is -4.94. The first-order valence-corrected chi connectivity index (χ1v) is 13.3. The summed E-state index contributed by atoms with van der Waals surface area (Å²) in [5.41, 5.74) is 3.78. The number of thiazole rings is 1. The zero-order chi connectivity index (χ0) is 28.2. The molecule has 1 aromatic heterocycles. The van der Waals surface area contributed by atoms with Crippen LogP contribution in [0, 0.1) is 18.3 Å². The van der Waals surface area contributed by atoms with Crippen LogP contribution in [0.2, 0.25) is 0 Å². The van der Waals surface area contributed by atoms with E-state index in [-0.39, 0.29) is 18.1 Å². The average Bonchev–Trinajstić information content (AvgIpc) is 3.26. The number of anilines is 1. The van der Waals surface area contributed by atoms with E-state index in [4.69, 9.17) is 19.7 Å². The highest BCUT2D eigenvalue weighted by atomic mass is 32.1. The first-order chi connectivity index (χ1) is 19.4. The van der Waals surface area contributed by atoms with Gasteiger partial charge in [0.2, 0.25) is 0 Å². The first kappa shape index (κ1) is 26.7. The summed E-state index contributed by atoms with van der Waals surface area (Å²) in [4.78, 5) is 32.8. The zero-order valence-electron chi connectivity index (χ0n) is 22.2. The summed E-state index contributed by atoms with van der Waals surface area (Å²) in [5, 5.41) is 11.7. The van der Waals surface area contributed by atoms with Crippen molar-refractivity contribution >= 4 is 29.0 Å². The molecule has 2 heterocycles. The maximum absolute atomic E-state index is 13.9. The van der Waals surface area contributed by atoms with Crippen LogP contribution in [0.3, 0.4) is 0 Å². The quantitative estimate of drug-likeness (QED) is 0.373.